The fourth-order valence-corrected chi connectivity index (χ4v) is 5.43. The molecule has 5 rings (SSSR count). The minimum Gasteiger partial charge on any atom is -0.385 e. The van der Waals surface area contributed by atoms with Crippen molar-refractivity contribution >= 4 is 0 Å². The molecule has 30 heavy (non-hydrogen) atoms. The van der Waals surface area contributed by atoms with E-state index in [1.54, 1.807) is 0 Å². The fraction of sp³-hybridized carbons (Fsp3) is 0.440. The van der Waals surface area contributed by atoms with Crippen LogP contribution >= 0.6 is 0 Å². The van der Waals surface area contributed by atoms with Crippen molar-refractivity contribution in [3.05, 3.63) is 83.5 Å². The molecule has 0 radical (unpaired) electrons. The van der Waals surface area contributed by atoms with Gasteiger partial charge in [-0.1, -0.05) is 78.7 Å². The van der Waals surface area contributed by atoms with Crippen molar-refractivity contribution in [1.82, 2.24) is 15.0 Å². The average Bonchev–Trinajstić information content (AvgIpc) is 3.24. The lowest BCUT2D eigenvalue weighted by Crippen LogP contribution is -2.57. The van der Waals surface area contributed by atoms with E-state index in [1.807, 2.05) is 36.4 Å². The summed E-state index contributed by atoms with van der Waals surface area (Å²) < 4.78 is 5.59. The lowest BCUT2D eigenvalue weighted by atomic mass is 9.66. The Morgan fingerprint density at radius 2 is 1.73 bits per heavy atom. The summed E-state index contributed by atoms with van der Waals surface area (Å²) in [4.78, 5) is 7.11. The van der Waals surface area contributed by atoms with Crippen molar-refractivity contribution in [2.24, 2.45) is 5.92 Å². The minimum atomic E-state index is -0.740. The van der Waals surface area contributed by atoms with Crippen LogP contribution in [0.2, 0.25) is 0 Å². The van der Waals surface area contributed by atoms with Gasteiger partial charge in [-0.2, -0.15) is 4.98 Å². The molecule has 1 aromatic heterocycles. The highest BCUT2D eigenvalue weighted by atomic mass is 16.5. The molecule has 0 spiro atoms. The number of rotatable bonds is 5. The maximum absolute atomic E-state index is 11.7. The molecular formula is C25H29N3O2. The second-order valence-electron chi connectivity index (χ2n) is 8.74. The van der Waals surface area contributed by atoms with Gasteiger partial charge in [0, 0.05) is 24.9 Å². The van der Waals surface area contributed by atoms with Gasteiger partial charge < -0.3 is 9.63 Å². The second kappa shape index (κ2) is 8.32. The molecular weight excluding hydrogens is 374 g/mol. The summed E-state index contributed by atoms with van der Waals surface area (Å²) in [5.74, 6) is 1.65. The van der Waals surface area contributed by atoms with Crippen LogP contribution in [0.15, 0.2) is 65.2 Å². The van der Waals surface area contributed by atoms with Crippen LogP contribution in [0.4, 0.5) is 0 Å². The Kier molecular flexibility index (Phi) is 5.40. The smallest absolute Gasteiger partial charge is 0.240 e. The number of aromatic nitrogens is 2. The predicted molar refractivity (Wildman–Crippen MR) is 115 cm³/mol. The number of piperidine rings is 1. The van der Waals surface area contributed by atoms with E-state index in [0.29, 0.717) is 24.9 Å². The average molecular weight is 404 g/mol. The van der Waals surface area contributed by atoms with Crippen molar-refractivity contribution in [1.29, 1.82) is 0 Å². The molecule has 1 aliphatic heterocycles. The van der Waals surface area contributed by atoms with Crippen LogP contribution in [-0.4, -0.2) is 32.7 Å². The van der Waals surface area contributed by atoms with Crippen LogP contribution in [0.5, 0.6) is 0 Å². The number of hydrogen-bond acceptors (Lipinski definition) is 5. The molecule has 1 saturated heterocycles. The number of likely N-dealkylation sites (tertiary alicyclic amines) is 1. The third-order valence-corrected chi connectivity index (χ3v) is 6.92. The van der Waals surface area contributed by atoms with E-state index in [9.17, 15) is 5.11 Å². The summed E-state index contributed by atoms with van der Waals surface area (Å²) in [5, 5.41) is 15.9. The molecule has 3 atom stereocenters. The molecule has 0 unspecified atom stereocenters. The van der Waals surface area contributed by atoms with Gasteiger partial charge in [0.1, 0.15) is 0 Å². The Labute approximate surface area is 177 Å². The van der Waals surface area contributed by atoms with E-state index < -0.39 is 5.60 Å². The molecule has 2 aliphatic rings. The maximum atomic E-state index is 11.7. The Balaban J connectivity index is 1.32. The fourth-order valence-electron chi connectivity index (χ4n) is 5.43. The molecule has 2 fully saturated rings. The first-order valence-electron chi connectivity index (χ1n) is 11.1. The van der Waals surface area contributed by atoms with E-state index in [1.165, 1.54) is 18.4 Å². The van der Waals surface area contributed by atoms with Gasteiger partial charge in [0.05, 0.1) is 12.1 Å². The molecule has 0 bridgehead atoms. The SMILES string of the molecule is O[C@]1(c2ccccc2)CCN(Cc2nc(Cc3ccccc3)no2)[C@@H]2CCCC[C@H]21. The highest BCUT2D eigenvalue weighted by Gasteiger charge is 2.49. The highest BCUT2D eigenvalue weighted by molar-refractivity contribution is 5.25. The molecule has 156 valence electrons. The van der Waals surface area contributed by atoms with E-state index in [2.05, 4.69) is 39.3 Å². The maximum Gasteiger partial charge on any atom is 0.240 e. The van der Waals surface area contributed by atoms with E-state index >= 15 is 0 Å². The molecule has 1 aliphatic carbocycles. The number of fused-ring (bicyclic) bond motifs is 1. The minimum absolute atomic E-state index is 0.245. The van der Waals surface area contributed by atoms with Crippen molar-refractivity contribution in [3.63, 3.8) is 0 Å². The zero-order valence-electron chi connectivity index (χ0n) is 17.3. The van der Waals surface area contributed by atoms with Crippen molar-refractivity contribution in [2.45, 2.75) is 56.7 Å². The Bertz CT molecular complexity index is 959. The molecule has 2 heterocycles. The number of aliphatic hydroxyl groups is 1. The molecule has 2 aromatic carbocycles. The van der Waals surface area contributed by atoms with Crippen LogP contribution in [0.1, 0.15) is 54.9 Å². The number of benzene rings is 2. The lowest BCUT2D eigenvalue weighted by molar-refractivity contribution is -0.124. The summed E-state index contributed by atoms with van der Waals surface area (Å²) in [5.41, 5.74) is 1.50. The van der Waals surface area contributed by atoms with Gasteiger partial charge in [0.25, 0.3) is 0 Å². The molecule has 1 N–H and O–H groups in total. The normalized spacial score (nSPS) is 27.0. The zero-order chi connectivity index (χ0) is 20.4. The first-order chi connectivity index (χ1) is 14.7. The van der Waals surface area contributed by atoms with Crippen molar-refractivity contribution in [2.75, 3.05) is 6.54 Å². The van der Waals surface area contributed by atoms with Crippen LogP contribution in [0.3, 0.4) is 0 Å². The predicted octanol–water partition coefficient (Wildman–Crippen LogP) is 4.31. The van der Waals surface area contributed by atoms with E-state index in [4.69, 9.17) is 4.52 Å². The topological polar surface area (TPSA) is 62.4 Å². The molecule has 1 saturated carbocycles. The van der Waals surface area contributed by atoms with Crippen molar-refractivity contribution < 1.29 is 9.63 Å². The lowest BCUT2D eigenvalue weighted by Gasteiger charge is -2.52. The second-order valence-corrected chi connectivity index (χ2v) is 8.74. The third kappa shape index (κ3) is 3.80. The Morgan fingerprint density at radius 3 is 2.53 bits per heavy atom. The summed E-state index contributed by atoms with van der Waals surface area (Å²) in [6.45, 7) is 1.50. The molecule has 3 aromatic rings. The largest absolute Gasteiger partial charge is 0.385 e. The summed E-state index contributed by atoms with van der Waals surface area (Å²) in [6, 6.07) is 20.8. The van der Waals surface area contributed by atoms with Crippen LogP contribution in [0.25, 0.3) is 0 Å². The van der Waals surface area contributed by atoms with E-state index in [0.717, 1.165) is 37.2 Å². The quantitative estimate of drug-likeness (QED) is 0.688. The first-order valence-corrected chi connectivity index (χ1v) is 11.1. The van der Waals surface area contributed by atoms with E-state index in [-0.39, 0.29) is 5.92 Å². The Hall–Kier alpha value is -2.50. The van der Waals surface area contributed by atoms with Crippen LogP contribution < -0.4 is 0 Å². The van der Waals surface area contributed by atoms with Gasteiger partial charge in [-0.3, -0.25) is 4.90 Å². The van der Waals surface area contributed by atoms with Crippen LogP contribution in [0, 0.1) is 5.92 Å². The van der Waals surface area contributed by atoms with Gasteiger partial charge in [-0.15, -0.1) is 0 Å². The van der Waals surface area contributed by atoms with Crippen LogP contribution in [-0.2, 0) is 18.6 Å². The summed E-state index contributed by atoms with van der Waals surface area (Å²) in [6.07, 6.45) is 6.01. The van der Waals surface area contributed by atoms with Crippen molar-refractivity contribution in [3.8, 4) is 0 Å². The molecule has 5 heteroatoms. The van der Waals surface area contributed by atoms with Gasteiger partial charge >= 0.3 is 0 Å². The van der Waals surface area contributed by atoms with Gasteiger partial charge in [-0.05, 0) is 30.4 Å². The molecule has 0 amide bonds. The van der Waals surface area contributed by atoms with Gasteiger partial charge in [-0.25, -0.2) is 0 Å². The third-order valence-electron chi connectivity index (χ3n) is 6.92. The zero-order valence-corrected chi connectivity index (χ0v) is 17.3. The highest BCUT2D eigenvalue weighted by Crippen LogP contribution is 2.47. The number of hydrogen-bond donors (Lipinski definition) is 1. The monoisotopic (exact) mass is 403 g/mol. The van der Waals surface area contributed by atoms with Gasteiger partial charge in [0.15, 0.2) is 5.82 Å². The Morgan fingerprint density at radius 1 is 1.00 bits per heavy atom. The summed E-state index contributed by atoms with van der Waals surface area (Å²) in [7, 11) is 0. The standard InChI is InChI=1S/C25H29N3O2/c29-25(20-11-5-2-6-12-20)15-16-28(22-14-8-7-13-21(22)25)18-24-26-23(27-30-24)17-19-9-3-1-4-10-19/h1-6,9-12,21-22,29H,7-8,13-18H2/t21-,22-,25+/m1/s1. The molecule has 5 nitrogen and oxygen atoms in total. The first kappa shape index (κ1) is 19.5. The van der Waals surface area contributed by atoms with Gasteiger partial charge in [0.2, 0.25) is 5.89 Å². The summed E-state index contributed by atoms with van der Waals surface area (Å²) >= 11 is 0. The number of nitrogens with zero attached hydrogens (tertiary/aromatic N) is 3.